The Balaban J connectivity index is 1.29. The van der Waals surface area contributed by atoms with Gasteiger partial charge >= 0.3 is 0 Å². The second-order valence-corrected chi connectivity index (χ2v) is 11.8. The van der Waals surface area contributed by atoms with Gasteiger partial charge in [0.1, 0.15) is 6.04 Å². The van der Waals surface area contributed by atoms with Gasteiger partial charge in [0.25, 0.3) is 10.0 Å². The van der Waals surface area contributed by atoms with Gasteiger partial charge in [0.05, 0.1) is 4.90 Å². The third kappa shape index (κ3) is 4.49. The minimum Gasteiger partial charge on any atom is -0.340 e. The zero-order valence-corrected chi connectivity index (χ0v) is 20.3. The van der Waals surface area contributed by atoms with Gasteiger partial charge in [-0.15, -0.1) is 0 Å². The number of hydrogen-bond donors (Lipinski definition) is 0. The van der Waals surface area contributed by atoms with E-state index in [0.29, 0.717) is 24.9 Å². The van der Waals surface area contributed by atoms with Gasteiger partial charge in [0, 0.05) is 39.1 Å². The molecule has 34 heavy (non-hydrogen) atoms. The van der Waals surface area contributed by atoms with Crippen molar-refractivity contribution in [3.63, 3.8) is 0 Å². The molecule has 2 amide bonds. The quantitative estimate of drug-likeness (QED) is 0.656. The van der Waals surface area contributed by atoms with Crippen LogP contribution in [0.3, 0.4) is 0 Å². The number of rotatable bonds is 5. The van der Waals surface area contributed by atoms with Crippen molar-refractivity contribution in [1.29, 1.82) is 0 Å². The van der Waals surface area contributed by atoms with Crippen molar-refractivity contribution in [2.24, 2.45) is 11.8 Å². The summed E-state index contributed by atoms with van der Waals surface area (Å²) in [6, 6.07) is 15.9. The Bertz CT molecular complexity index is 1150. The van der Waals surface area contributed by atoms with E-state index in [-0.39, 0.29) is 23.6 Å². The van der Waals surface area contributed by atoms with E-state index in [4.69, 9.17) is 0 Å². The lowest BCUT2D eigenvalue weighted by molar-refractivity contribution is -0.141. The molecule has 3 aliphatic heterocycles. The van der Waals surface area contributed by atoms with E-state index in [1.807, 2.05) is 17.9 Å². The van der Waals surface area contributed by atoms with Gasteiger partial charge in [-0.2, -0.15) is 0 Å². The molecule has 0 aromatic heterocycles. The van der Waals surface area contributed by atoms with Crippen molar-refractivity contribution < 1.29 is 18.0 Å². The molecule has 2 unspecified atom stereocenters. The normalized spacial score (nSPS) is 25.6. The third-order valence-corrected chi connectivity index (χ3v) is 9.08. The number of benzene rings is 2. The fourth-order valence-corrected chi connectivity index (χ4v) is 7.36. The molecule has 7 nitrogen and oxygen atoms in total. The van der Waals surface area contributed by atoms with Gasteiger partial charge in [-0.3, -0.25) is 14.5 Å². The van der Waals surface area contributed by atoms with E-state index in [0.717, 1.165) is 35.9 Å². The van der Waals surface area contributed by atoms with Crippen molar-refractivity contribution in [2.75, 3.05) is 26.2 Å². The van der Waals surface area contributed by atoms with Crippen LogP contribution in [0.25, 0.3) is 0 Å². The zero-order chi connectivity index (χ0) is 23.9. The summed E-state index contributed by atoms with van der Waals surface area (Å²) in [5, 5.41) is 0. The summed E-state index contributed by atoms with van der Waals surface area (Å²) < 4.78 is 27.4. The molecule has 3 fully saturated rings. The van der Waals surface area contributed by atoms with Crippen LogP contribution >= 0.6 is 0 Å². The van der Waals surface area contributed by atoms with Gasteiger partial charge in [0.15, 0.2) is 0 Å². The maximum absolute atomic E-state index is 13.5. The van der Waals surface area contributed by atoms with E-state index in [2.05, 4.69) is 29.2 Å². The van der Waals surface area contributed by atoms with Gasteiger partial charge in [0.2, 0.25) is 11.8 Å². The minimum atomic E-state index is -4.07. The molecule has 2 bridgehead atoms. The summed E-state index contributed by atoms with van der Waals surface area (Å²) in [5.41, 5.74) is 2.22. The highest BCUT2D eigenvalue weighted by atomic mass is 32.2. The van der Waals surface area contributed by atoms with Crippen LogP contribution in [0.2, 0.25) is 0 Å². The summed E-state index contributed by atoms with van der Waals surface area (Å²) in [6.45, 7) is 5.85. The molecule has 8 heteroatoms. The Morgan fingerprint density at radius 2 is 1.59 bits per heavy atom. The molecule has 0 radical (unpaired) electrons. The molecule has 0 N–H and O–H groups in total. The third-order valence-electron chi connectivity index (χ3n) is 7.24. The molecule has 3 saturated heterocycles. The SMILES string of the molecule is Cc1ccc(S(=O)(=O)N2C(=O)CC[C@H]2C(=O)N2CC3CC(CN(Cc4ccccc4)C3)C2)cc1. The van der Waals surface area contributed by atoms with Gasteiger partial charge < -0.3 is 4.90 Å². The summed E-state index contributed by atoms with van der Waals surface area (Å²) >= 11 is 0. The Hall–Kier alpha value is -2.71. The number of carbonyl (C=O) groups excluding carboxylic acids is 2. The first-order valence-electron chi connectivity index (χ1n) is 12.0. The van der Waals surface area contributed by atoms with Gasteiger partial charge in [-0.05, 0) is 49.3 Å². The van der Waals surface area contributed by atoms with E-state index in [1.54, 1.807) is 12.1 Å². The van der Waals surface area contributed by atoms with Crippen LogP contribution in [0.15, 0.2) is 59.5 Å². The predicted octanol–water partition coefficient (Wildman–Crippen LogP) is 2.66. The number of aryl methyl sites for hydroxylation is 1. The number of hydrogen-bond acceptors (Lipinski definition) is 5. The fourth-order valence-electron chi connectivity index (χ4n) is 5.76. The number of fused-ring (bicyclic) bond motifs is 2. The number of nitrogens with zero attached hydrogens (tertiary/aromatic N) is 3. The van der Waals surface area contributed by atoms with Crippen LogP contribution < -0.4 is 0 Å². The molecule has 3 heterocycles. The highest BCUT2D eigenvalue weighted by Crippen LogP contribution is 2.33. The summed E-state index contributed by atoms with van der Waals surface area (Å²) in [7, 11) is -4.07. The lowest BCUT2D eigenvalue weighted by Crippen LogP contribution is -2.57. The standard InChI is InChI=1S/C26H31N3O4S/c1-19-7-9-23(10-8-19)34(32,33)29-24(11-12-25(29)30)26(31)28-17-21-13-22(18-28)16-27(15-21)14-20-5-3-2-4-6-20/h2-10,21-22,24H,11-18H2,1H3/t21?,22?,24-/m0/s1. The largest absolute Gasteiger partial charge is 0.340 e. The van der Waals surface area contributed by atoms with Crippen molar-refractivity contribution in [2.45, 2.75) is 43.7 Å². The molecule has 2 aromatic carbocycles. The lowest BCUT2D eigenvalue weighted by atomic mass is 9.84. The zero-order valence-electron chi connectivity index (χ0n) is 19.5. The molecular formula is C26H31N3O4S. The highest BCUT2D eigenvalue weighted by molar-refractivity contribution is 7.89. The average Bonchev–Trinajstić information content (AvgIpc) is 3.21. The fraction of sp³-hybridized carbons (Fsp3) is 0.462. The van der Waals surface area contributed by atoms with E-state index in [9.17, 15) is 18.0 Å². The van der Waals surface area contributed by atoms with Crippen LogP contribution in [0.4, 0.5) is 0 Å². The Morgan fingerprint density at radius 1 is 0.941 bits per heavy atom. The molecule has 2 aromatic rings. The highest BCUT2D eigenvalue weighted by Gasteiger charge is 2.47. The van der Waals surface area contributed by atoms with E-state index in [1.165, 1.54) is 17.7 Å². The number of sulfonamides is 1. The maximum atomic E-state index is 13.5. The van der Waals surface area contributed by atoms with E-state index >= 15 is 0 Å². The molecule has 0 spiro atoms. The summed E-state index contributed by atoms with van der Waals surface area (Å²) in [4.78, 5) is 30.5. The number of likely N-dealkylation sites (tertiary alicyclic amines) is 2. The van der Waals surface area contributed by atoms with Crippen LogP contribution in [-0.2, 0) is 26.2 Å². The van der Waals surface area contributed by atoms with E-state index < -0.39 is 22.0 Å². The van der Waals surface area contributed by atoms with Crippen LogP contribution in [0, 0.1) is 18.8 Å². The first kappa shape index (κ1) is 23.1. The number of amides is 2. The Labute approximate surface area is 201 Å². The second kappa shape index (κ2) is 9.15. The molecule has 0 aliphatic carbocycles. The number of carbonyl (C=O) groups is 2. The molecule has 3 atom stereocenters. The second-order valence-electron chi connectivity index (χ2n) is 9.95. The Kier molecular flexibility index (Phi) is 6.20. The molecule has 5 rings (SSSR count). The molecule has 180 valence electrons. The van der Waals surface area contributed by atoms with Gasteiger partial charge in [-0.25, -0.2) is 12.7 Å². The van der Waals surface area contributed by atoms with Crippen molar-refractivity contribution >= 4 is 21.8 Å². The molecule has 3 aliphatic rings. The first-order chi connectivity index (χ1) is 16.3. The summed E-state index contributed by atoms with van der Waals surface area (Å²) in [6.07, 6.45) is 1.41. The maximum Gasteiger partial charge on any atom is 0.267 e. The topological polar surface area (TPSA) is 78.0 Å². The van der Waals surface area contributed by atoms with Crippen molar-refractivity contribution in [3.8, 4) is 0 Å². The minimum absolute atomic E-state index is 0.0539. The lowest BCUT2D eigenvalue weighted by Gasteiger charge is -2.46. The smallest absolute Gasteiger partial charge is 0.267 e. The molecular weight excluding hydrogens is 450 g/mol. The molecule has 0 saturated carbocycles. The van der Waals surface area contributed by atoms with Crippen LogP contribution in [0.1, 0.15) is 30.4 Å². The summed E-state index contributed by atoms with van der Waals surface area (Å²) in [5.74, 6) is -0.00300. The average molecular weight is 482 g/mol. The monoisotopic (exact) mass is 481 g/mol. The predicted molar refractivity (Wildman–Crippen MR) is 128 cm³/mol. The van der Waals surface area contributed by atoms with Crippen molar-refractivity contribution in [1.82, 2.24) is 14.1 Å². The number of piperidine rings is 2. The van der Waals surface area contributed by atoms with Crippen LogP contribution in [-0.4, -0.2) is 66.6 Å². The first-order valence-corrected chi connectivity index (χ1v) is 13.4. The van der Waals surface area contributed by atoms with Crippen LogP contribution in [0.5, 0.6) is 0 Å². The Morgan fingerprint density at radius 3 is 2.24 bits per heavy atom. The van der Waals surface area contributed by atoms with Crippen molar-refractivity contribution in [3.05, 3.63) is 65.7 Å². The van der Waals surface area contributed by atoms with Gasteiger partial charge in [-0.1, -0.05) is 48.0 Å².